The molecule has 4 N–H and O–H groups in total. The van der Waals surface area contributed by atoms with Crippen molar-refractivity contribution in [1.29, 1.82) is 0 Å². The minimum atomic E-state index is -3.08. The number of guanidine groups is 1. The molecule has 0 aliphatic heterocycles. The Balaban J connectivity index is 3.64. The van der Waals surface area contributed by atoms with Gasteiger partial charge in [0.2, 0.25) is 5.96 Å². The predicted molar refractivity (Wildman–Crippen MR) is 63.9 cm³/mol. The SMILES string of the molecule is [2H]c1c([2H])c([2H])c(C([2H])([2H])C([2H])([2H])N=C(N)N=C(C)N)c([2H])c1[2H]. The Labute approximate surface area is 102 Å². The summed E-state index contributed by atoms with van der Waals surface area (Å²) in [7, 11) is 0. The summed E-state index contributed by atoms with van der Waals surface area (Å²) in [6.07, 6.45) is -3.08. The molecule has 4 nitrogen and oxygen atoms in total. The van der Waals surface area contributed by atoms with Gasteiger partial charge in [-0.1, -0.05) is 30.2 Å². The first-order chi connectivity index (χ1) is 10.7. The Bertz CT molecular complexity index is 694. The van der Waals surface area contributed by atoms with Crippen LogP contribution in [0.1, 0.15) is 24.8 Å². The molecule has 0 aromatic heterocycles. The lowest BCUT2D eigenvalue weighted by Gasteiger charge is -1.97. The minimum absolute atomic E-state index is 0.0320. The Kier molecular flexibility index (Phi) is 1.53. The molecule has 0 atom stereocenters. The Hall–Kier alpha value is -1.84. The van der Waals surface area contributed by atoms with Crippen molar-refractivity contribution in [2.24, 2.45) is 21.5 Å². The zero-order valence-electron chi connectivity index (χ0n) is 17.0. The van der Waals surface area contributed by atoms with Crippen LogP contribution in [-0.4, -0.2) is 18.3 Å². The Morgan fingerprint density at radius 2 is 2.07 bits per heavy atom. The van der Waals surface area contributed by atoms with Crippen LogP contribution in [0.2, 0.25) is 0 Å². The second-order valence-electron chi connectivity index (χ2n) is 2.46. The third kappa shape index (κ3) is 4.81. The molecule has 0 aliphatic carbocycles. The van der Waals surface area contributed by atoms with E-state index in [0.717, 1.165) is 0 Å². The standard InChI is InChI=1S/C11H16N4/c1-9(12)15-11(13)14-8-7-10-5-3-2-4-6-10/h2-6H,7-8H2,1H3,(H4,12,13,14,15)/i2D,3D,4D,5D,6D,7D2,8D2. The van der Waals surface area contributed by atoms with Crippen LogP contribution in [0.15, 0.2) is 40.2 Å². The van der Waals surface area contributed by atoms with Gasteiger partial charge in [-0.15, -0.1) is 0 Å². The van der Waals surface area contributed by atoms with Gasteiger partial charge in [-0.25, -0.2) is 4.99 Å². The zero-order chi connectivity index (χ0) is 19.0. The normalized spacial score (nSPS) is 23.4. The average molecular weight is 213 g/mol. The summed E-state index contributed by atoms with van der Waals surface area (Å²) in [5.74, 6) is -0.674. The van der Waals surface area contributed by atoms with Crippen LogP contribution in [0.3, 0.4) is 0 Å². The van der Waals surface area contributed by atoms with Crippen LogP contribution in [0.25, 0.3) is 0 Å². The molecule has 80 valence electrons. The van der Waals surface area contributed by atoms with Crippen molar-refractivity contribution in [3.05, 3.63) is 35.8 Å². The Morgan fingerprint density at radius 1 is 1.40 bits per heavy atom. The first-order valence-electron chi connectivity index (χ1n) is 8.47. The van der Waals surface area contributed by atoms with E-state index in [0.29, 0.717) is 0 Å². The van der Waals surface area contributed by atoms with Crippen molar-refractivity contribution in [2.75, 3.05) is 6.50 Å². The van der Waals surface area contributed by atoms with E-state index in [-0.39, 0.29) is 5.84 Å². The van der Waals surface area contributed by atoms with Gasteiger partial charge in [-0.3, -0.25) is 4.99 Å². The number of benzene rings is 1. The highest BCUT2D eigenvalue weighted by Gasteiger charge is 1.91. The van der Waals surface area contributed by atoms with Crippen molar-refractivity contribution in [3.8, 4) is 0 Å². The van der Waals surface area contributed by atoms with Gasteiger partial charge >= 0.3 is 0 Å². The second-order valence-corrected chi connectivity index (χ2v) is 2.46. The third-order valence-corrected chi connectivity index (χ3v) is 1.14. The van der Waals surface area contributed by atoms with Gasteiger partial charge in [0.25, 0.3) is 0 Å². The highest BCUT2D eigenvalue weighted by Crippen LogP contribution is 1.99. The summed E-state index contributed by atoms with van der Waals surface area (Å²) >= 11 is 0. The fourth-order valence-electron chi connectivity index (χ4n) is 0.659. The van der Waals surface area contributed by atoms with Gasteiger partial charge in [-0.2, -0.15) is 0 Å². The molecule has 15 heavy (non-hydrogen) atoms. The molecule has 1 rings (SSSR count). The summed E-state index contributed by atoms with van der Waals surface area (Å²) in [5.41, 5.74) is 9.80. The maximum Gasteiger partial charge on any atom is 0.216 e. The fourth-order valence-corrected chi connectivity index (χ4v) is 0.659. The predicted octanol–water partition coefficient (Wildman–Crippen LogP) is 0.921. The van der Waals surface area contributed by atoms with E-state index in [1.54, 1.807) is 0 Å². The molecule has 0 saturated carbocycles. The molecule has 0 aliphatic rings. The molecule has 1 aromatic carbocycles. The van der Waals surface area contributed by atoms with E-state index in [4.69, 9.17) is 23.8 Å². The van der Waals surface area contributed by atoms with Crippen LogP contribution in [0.4, 0.5) is 0 Å². The maximum atomic E-state index is 7.97. The summed E-state index contributed by atoms with van der Waals surface area (Å²) in [4.78, 5) is 6.79. The molecule has 0 bridgehead atoms. The highest BCUT2D eigenvalue weighted by molar-refractivity contribution is 5.93. The molecule has 0 heterocycles. The summed E-state index contributed by atoms with van der Waals surface area (Å²) in [6, 6.07) is -3.99. The van der Waals surface area contributed by atoms with Crippen LogP contribution >= 0.6 is 0 Å². The third-order valence-electron chi connectivity index (χ3n) is 1.14. The van der Waals surface area contributed by atoms with E-state index in [2.05, 4.69) is 9.98 Å². The highest BCUT2D eigenvalue weighted by atomic mass is 15.1. The summed E-state index contributed by atoms with van der Waals surface area (Å²) in [6.45, 7) is -1.70. The zero-order valence-corrected chi connectivity index (χ0v) is 8.05. The van der Waals surface area contributed by atoms with E-state index >= 15 is 0 Å². The number of aliphatic imine (C=N–C) groups is 2. The topological polar surface area (TPSA) is 76.8 Å². The molecular formula is C11H16N4. The van der Waals surface area contributed by atoms with E-state index < -0.39 is 54.6 Å². The van der Waals surface area contributed by atoms with E-state index in [1.165, 1.54) is 6.92 Å². The van der Waals surface area contributed by atoms with Crippen LogP contribution < -0.4 is 11.5 Å². The largest absolute Gasteiger partial charge is 0.387 e. The molecule has 0 saturated heterocycles. The van der Waals surface area contributed by atoms with Crippen molar-refractivity contribution in [2.45, 2.75) is 13.3 Å². The number of amidine groups is 1. The van der Waals surface area contributed by atoms with Gasteiger partial charge < -0.3 is 11.5 Å². The second kappa shape index (κ2) is 5.80. The molecule has 0 radical (unpaired) electrons. The van der Waals surface area contributed by atoms with Crippen LogP contribution in [0.5, 0.6) is 0 Å². The lowest BCUT2D eigenvalue weighted by atomic mass is 10.2. The summed E-state index contributed by atoms with van der Waals surface area (Å²) < 4.78 is 69.7. The fraction of sp³-hybridized carbons (Fsp3) is 0.273. The smallest absolute Gasteiger partial charge is 0.216 e. The van der Waals surface area contributed by atoms with Crippen LogP contribution in [-0.2, 0) is 6.37 Å². The molecule has 1 aromatic rings. The molecule has 0 spiro atoms. The van der Waals surface area contributed by atoms with Crippen LogP contribution in [0, 0.1) is 0 Å². The average Bonchev–Trinajstić information content (AvgIpc) is 2.41. The number of rotatable bonds is 3. The lowest BCUT2D eigenvalue weighted by Crippen LogP contribution is -2.16. The Morgan fingerprint density at radius 3 is 2.67 bits per heavy atom. The molecule has 0 fully saturated rings. The monoisotopic (exact) mass is 213 g/mol. The maximum absolute atomic E-state index is 7.97. The van der Waals surface area contributed by atoms with E-state index in [1.807, 2.05) is 0 Å². The van der Waals surface area contributed by atoms with Gasteiger partial charge in [0.1, 0.15) is 0 Å². The number of nitrogens with two attached hydrogens (primary N) is 2. The van der Waals surface area contributed by atoms with Crippen molar-refractivity contribution in [1.82, 2.24) is 0 Å². The minimum Gasteiger partial charge on any atom is -0.387 e. The van der Waals surface area contributed by atoms with Gasteiger partial charge in [-0.05, 0) is 18.9 Å². The number of hydrogen-bond donors (Lipinski definition) is 2. The first-order valence-corrected chi connectivity index (χ1v) is 3.97. The quantitative estimate of drug-likeness (QED) is 0.578. The number of hydrogen-bond acceptors (Lipinski definition) is 1. The summed E-state index contributed by atoms with van der Waals surface area (Å²) in [5, 5.41) is 0. The first kappa shape index (κ1) is 3.96. The lowest BCUT2D eigenvalue weighted by molar-refractivity contribution is 0.962. The molecule has 4 heteroatoms. The number of nitrogens with zero attached hydrogens (tertiary/aromatic N) is 2. The van der Waals surface area contributed by atoms with Crippen molar-refractivity contribution in [3.63, 3.8) is 0 Å². The van der Waals surface area contributed by atoms with Crippen molar-refractivity contribution >= 4 is 11.8 Å². The molecule has 0 unspecified atom stereocenters. The van der Waals surface area contributed by atoms with Gasteiger partial charge in [0.05, 0.1) is 15.4 Å². The van der Waals surface area contributed by atoms with E-state index in [9.17, 15) is 0 Å². The molecular weight excluding hydrogens is 188 g/mol. The van der Waals surface area contributed by atoms with Gasteiger partial charge in [0.15, 0.2) is 0 Å². The molecule has 0 amide bonds. The van der Waals surface area contributed by atoms with Crippen molar-refractivity contribution < 1.29 is 12.3 Å². The van der Waals surface area contributed by atoms with Gasteiger partial charge in [0, 0.05) is 9.24 Å².